The monoisotopic (exact) mass is 313 g/mol. The zero-order valence-electron chi connectivity index (χ0n) is 12.9. The maximum absolute atomic E-state index is 12.1. The summed E-state index contributed by atoms with van der Waals surface area (Å²) in [5.74, 6) is 0.984. The smallest absolute Gasteiger partial charge is 0.252 e. The molecule has 0 bridgehead atoms. The number of carbonyl (C=O) groups is 1. The molecule has 1 heterocycles. The predicted molar refractivity (Wildman–Crippen MR) is 86.0 cm³/mol. The number of ether oxygens (including phenoxy) is 1. The van der Waals surface area contributed by atoms with Crippen LogP contribution in [0.2, 0.25) is 5.02 Å². The maximum atomic E-state index is 12.1. The van der Waals surface area contributed by atoms with E-state index in [2.05, 4.69) is 29.5 Å². The third-order valence-electron chi connectivity index (χ3n) is 2.66. The van der Waals surface area contributed by atoms with Crippen molar-refractivity contribution in [3.8, 4) is 0 Å². The summed E-state index contributed by atoms with van der Waals surface area (Å²) in [5.41, 5.74) is 0.436. The molecule has 0 saturated heterocycles. The van der Waals surface area contributed by atoms with Crippen LogP contribution in [0.25, 0.3) is 0 Å². The summed E-state index contributed by atoms with van der Waals surface area (Å²) < 4.78 is 5.46. The number of carbonyl (C=O) groups excluding carboxylic acids is 1. The molecule has 21 heavy (non-hydrogen) atoms. The fourth-order valence-corrected chi connectivity index (χ4v) is 1.87. The zero-order chi connectivity index (χ0) is 15.7. The summed E-state index contributed by atoms with van der Waals surface area (Å²) in [6.07, 6.45) is 2.27. The minimum Gasteiger partial charge on any atom is -0.381 e. The van der Waals surface area contributed by atoms with Gasteiger partial charge >= 0.3 is 0 Å². The molecule has 0 aliphatic rings. The molecule has 0 aliphatic carbocycles. The zero-order valence-corrected chi connectivity index (χ0v) is 13.7. The van der Waals surface area contributed by atoms with Crippen molar-refractivity contribution in [3.63, 3.8) is 0 Å². The van der Waals surface area contributed by atoms with Crippen molar-refractivity contribution in [2.24, 2.45) is 5.92 Å². The molecule has 0 atom stereocenters. The average molecular weight is 314 g/mol. The highest BCUT2D eigenvalue weighted by Gasteiger charge is 2.11. The number of rotatable bonds is 9. The van der Waals surface area contributed by atoms with Crippen molar-refractivity contribution in [1.82, 2.24) is 10.3 Å². The van der Waals surface area contributed by atoms with Gasteiger partial charge in [0.15, 0.2) is 0 Å². The highest BCUT2D eigenvalue weighted by molar-refractivity contribution is 6.33. The van der Waals surface area contributed by atoms with Gasteiger partial charge in [-0.3, -0.25) is 4.79 Å². The van der Waals surface area contributed by atoms with Gasteiger partial charge in [0.05, 0.1) is 10.6 Å². The van der Waals surface area contributed by atoms with Gasteiger partial charge in [-0.15, -0.1) is 0 Å². The fraction of sp³-hybridized carbons (Fsp3) is 0.600. The molecule has 2 N–H and O–H groups in total. The van der Waals surface area contributed by atoms with Crippen LogP contribution in [0.1, 0.15) is 37.6 Å². The van der Waals surface area contributed by atoms with E-state index in [1.54, 1.807) is 6.07 Å². The Balaban J connectivity index is 2.39. The van der Waals surface area contributed by atoms with E-state index >= 15 is 0 Å². The Morgan fingerprint density at radius 3 is 2.90 bits per heavy atom. The number of pyridine rings is 1. The van der Waals surface area contributed by atoms with Crippen LogP contribution in [0.5, 0.6) is 0 Å². The van der Waals surface area contributed by atoms with Crippen LogP contribution in [0.15, 0.2) is 12.3 Å². The largest absolute Gasteiger partial charge is 0.381 e. The van der Waals surface area contributed by atoms with Crippen molar-refractivity contribution in [2.75, 3.05) is 31.6 Å². The van der Waals surface area contributed by atoms with Crippen LogP contribution < -0.4 is 10.6 Å². The van der Waals surface area contributed by atoms with Crippen LogP contribution in [0.3, 0.4) is 0 Å². The quantitative estimate of drug-likeness (QED) is 0.688. The lowest BCUT2D eigenvalue weighted by Crippen LogP contribution is -2.26. The first kappa shape index (κ1) is 17.7. The van der Waals surface area contributed by atoms with Gasteiger partial charge in [-0.2, -0.15) is 0 Å². The van der Waals surface area contributed by atoms with E-state index in [1.165, 1.54) is 6.20 Å². The molecular formula is C15H24ClN3O2. The molecule has 0 aliphatic heterocycles. The molecule has 1 aromatic heterocycles. The third kappa shape index (κ3) is 6.78. The van der Waals surface area contributed by atoms with Crippen molar-refractivity contribution >= 4 is 23.3 Å². The number of hydrogen-bond acceptors (Lipinski definition) is 4. The first-order valence-electron chi connectivity index (χ1n) is 7.30. The van der Waals surface area contributed by atoms with Gasteiger partial charge < -0.3 is 15.4 Å². The summed E-state index contributed by atoms with van der Waals surface area (Å²) in [7, 11) is 0. The van der Waals surface area contributed by atoms with Crippen LogP contribution in [-0.2, 0) is 4.74 Å². The van der Waals surface area contributed by atoms with Crippen molar-refractivity contribution < 1.29 is 9.53 Å². The molecule has 0 saturated carbocycles. The van der Waals surface area contributed by atoms with E-state index in [0.29, 0.717) is 35.5 Å². The molecular weight excluding hydrogens is 290 g/mol. The second kappa shape index (κ2) is 9.58. The van der Waals surface area contributed by atoms with Gasteiger partial charge in [0.2, 0.25) is 0 Å². The van der Waals surface area contributed by atoms with Gasteiger partial charge in [-0.25, -0.2) is 4.98 Å². The molecule has 6 heteroatoms. The summed E-state index contributed by atoms with van der Waals surface area (Å²) >= 11 is 6.01. The van der Waals surface area contributed by atoms with E-state index in [9.17, 15) is 4.79 Å². The fourth-order valence-electron chi connectivity index (χ4n) is 1.68. The molecule has 0 fully saturated rings. The molecule has 0 spiro atoms. The van der Waals surface area contributed by atoms with Crippen LogP contribution in [0.4, 0.5) is 5.82 Å². The summed E-state index contributed by atoms with van der Waals surface area (Å²) in [6.45, 7) is 8.87. The lowest BCUT2D eigenvalue weighted by Gasteiger charge is -2.10. The lowest BCUT2D eigenvalue weighted by atomic mass is 10.2. The molecule has 0 unspecified atom stereocenters. The summed E-state index contributed by atoms with van der Waals surface area (Å²) in [4.78, 5) is 16.2. The second-order valence-corrected chi connectivity index (χ2v) is 5.57. The first-order valence-corrected chi connectivity index (χ1v) is 7.67. The number of hydrogen-bond donors (Lipinski definition) is 2. The standard InChI is InChI=1S/C15H24ClN3O2/c1-4-17-14-8-12(13(16)9-19-14)15(20)18-6-5-7-21-10-11(2)3/h8-9,11H,4-7,10H2,1-3H3,(H,17,19)(H,18,20). The Bertz CT molecular complexity index is 453. The molecule has 0 aromatic carbocycles. The van der Waals surface area contributed by atoms with Crippen molar-refractivity contribution in [1.29, 1.82) is 0 Å². The van der Waals surface area contributed by atoms with E-state index in [-0.39, 0.29) is 5.91 Å². The predicted octanol–water partition coefficient (Wildman–Crippen LogP) is 2.96. The van der Waals surface area contributed by atoms with Gasteiger partial charge in [0, 0.05) is 32.5 Å². The van der Waals surface area contributed by atoms with E-state index in [4.69, 9.17) is 16.3 Å². The number of anilines is 1. The van der Waals surface area contributed by atoms with Crippen LogP contribution in [0, 0.1) is 5.92 Å². The van der Waals surface area contributed by atoms with Crippen LogP contribution in [-0.4, -0.2) is 37.2 Å². The minimum atomic E-state index is -0.189. The SMILES string of the molecule is CCNc1cc(C(=O)NCCCOCC(C)C)c(Cl)cn1. The number of halogens is 1. The number of amides is 1. The maximum Gasteiger partial charge on any atom is 0.252 e. The van der Waals surface area contributed by atoms with Crippen molar-refractivity contribution in [3.05, 3.63) is 22.8 Å². The third-order valence-corrected chi connectivity index (χ3v) is 2.96. The summed E-state index contributed by atoms with van der Waals surface area (Å²) in [6, 6.07) is 1.66. The number of nitrogens with zero attached hydrogens (tertiary/aromatic N) is 1. The number of aromatic nitrogens is 1. The van der Waals surface area contributed by atoms with Gasteiger partial charge in [-0.05, 0) is 25.3 Å². The second-order valence-electron chi connectivity index (χ2n) is 5.16. The van der Waals surface area contributed by atoms with E-state index in [1.807, 2.05) is 6.92 Å². The topological polar surface area (TPSA) is 63.2 Å². The molecule has 5 nitrogen and oxygen atoms in total. The Kier molecular flexibility index (Phi) is 8.08. The summed E-state index contributed by atoms with van der Waals surface area (Å²) in [5, 5.41) is 6.25. The molecule has 1 rings (SSSR count). The Hall–Kier alpha value is -1.33. The van der Waals surface area contributed by atoms with E-state index < -0.39 is 0 Å². The molecule has 0 radical (unpaired) electrons. The minimum absolute atomic E-state index is 0.189. The molecule has 1 amide bonds. The Morgan fingerprint density at radius 1 is 1.48 bits per heavy atom. The highest BCUT2D eigenvalue weighted by atomic mass is 35.5. The Morgan fingerprint density at radius 2 is 2.24 bits per heavy atom. The molecule has 1 aromatic rings. The normalized spacial score (nSPS) is 10.7. The van der Waals surface area contributed by atoms with Crippen molar-refractivity contribution in [2.45, 2.75) is 27.2 Å². The van der Waals surface area contributed by atoms with Gasteiger partial charge in [-0.1, -0.05) is 25.4 Å². The lowest BCUT2D eigenvalue weighted by molar-refractivity contribution is 0.0925. The van der Waals surface area contributed by atoms with Gasteiger partial charge in [0.25, 0.3) is 5.91 Å². The Labute approximate surface area is 131 Å². The van der Waals surface area contributed by atoms with Gasteiger partial charge in [0.1, 0.15) is 5.82 Å². The molecule has 118 valence electrons. The van der Waals surface area contributed by atoms with E-state index in [0.717, 1.165) is 19.6 Å². The van der Waals surface area contributed by atoms with Crippen LogP contribution >= 0.6 is 11.6 Å². The average Bonchev–Trinajstić information content (AvgIpc) is 2.44. The number of nitrogens with one attached hydrogen (secondary N) is 2. The first-order chi connectivity index (χ1) is 10.0. The highest BCUT2D eigenvalue weighted by Crippen LogP contribution is 2.17.